The van der Waals surface area contributed by atoms with Crippen LogP contribution in [0.3, 0.4) is 0 Å². The van der Waals surface area contributed by atoms with Crippen LogP contribution in [0.25, 0.3) is 0 Å². The summed E-state index contributed by atoms with van der Waals surface area (Å²) in [4.78, 5) is 0. The van der Waals surface area contributed by atoms with Gasteiger partial charge in [-0.2, -0.15) is 0 Å². The zero-order valence-electron chi connectivity index (χ0n) is 11.9. The molecule has 0 saturated carbocycles. The maximum atomic E-state index is 13.1. The molecular formula is C17H18ClFO. The number of ether oxygens (including phenoxy) is 1. The summed E-state index contributed by atoms with van der Waals surface area (Å²) in [6, 6.07) is 10.9. The lowest BCUT2D eigenvalue weighted by Gasteiger charge is -2.13. The Bertz CT molecular complexity index is 608. The Morgan fingerprint density at radius 3 is 2.55 bits per heavy atom. The van der Waals surface area contributed by atoms with Gasteiger partial charge in [0.1, 0.15) is 18.2 Å². The predicted molar refractivity (Wildman–Crippen MR) is 81.0 cm³/mol. The second kappa shape index (κ2) is 6.27. The van der Waals surface area contributed by atoms with E-state index in [1.807, 2.05) is 6.92 Å². The van der Waals surface area contributed by atoms with Gasteiger partial charge in [-0.1, -0.05) is 43.6 Å². The van der Waals surface area contributed by atoms with E-state index in [9.17, 15) is 4.39 Å². The summed E-state index contributed by atoms with van der Waals surface area (Å²) in [7, 11) is 0. The molecule has 2 rings (SSSR count). The van der Waals surface area contributed by atoms with Gasteiger partial charge in [-0.15, -0.1) is 0 Å². The van der Waals surface area contributed by atoms with Crippen molar-refractivity contribution < 1.29 is 9.13 Å². The van der Waals surface area contributed by atoms with Crippen molar-refractivity contribution in [2.75, 3.05) is 0 Å². The molecule has 0 bridgehead atoms. The topological polar surface area (TPSA) is 9.23 Å². The molecule has 0 amide bonds. The summed E-state index contributed by atoms with van der Waals surface area (Å²) in [5.41, 5.74) is 3.18. The highest BCUT2D eigenvalue weighted by Gasteiger charge is 2.06. The first-order chi connectivity index (χ1) is 9.47. The lowest BCUT2D eigenvalue weighted by Crippen LogP contribution is -1.99. The van der Waals surface area contributed by atoms with E-state index in [1.165, 1.54) is 11.6 Å². The molecule has 0 heterocycles. The average Bonchev–Trinajstić information content (AvgIpc) is 2.41. The summed E-state index contributed by atoms with van der Waals surface area (Å²) in [6.45, 7) is 6.68. The summed E-state index contributed by atoms with van der Waals surface area (Å²) in [6.07, 6.45) is 0. The van der Waals surface area contributed by atoms with Crippen LogP contribution in [0.5, 0.6) is 5.75 Å². The van der Waals surface area contributed by atoms with E-state index < -0.39 is 5.82 Å². The fourth-order valence-electron chi connectivity index (χ4n) is 1.92. The summed E-state index contributed by atoms with van der Waals surface area (Å²) in [5, 5.41) is 0.124. The zero-order valence-corrected chi connectivity index (χ0v) is 12.7. The third-order valence-electron chi connectivity index (χ3n) is 3.26. The third kappa shape index (κ3) is 3.51. The number of hydrogen-bond acceptors (Lipinski definition) is 1. The van der Waals surface area contributed by atoms with Crippen LogP contribution in [-0.2, 0) is 6.61 Å². The standard InChI is InChI=1S/C17H18ClFO/c1-11(2)14-6-4-12(3)17(9-14)20-10-13-5-7-16(19)15(18)8-13/h4-9,11H,10H2,1-3H3. The van der Waals surface area contributed by atoms with Crippen molar-refractivity contribution in [2.45, 2.75) is 33.3 Å². The number of aryl methyl sites for hydroxylation is 1. The van der Waals surface area contributed by atoms with Crippen LogP contribution in [0.2, 0.25) is 5.02 Å². The maximum absolute atomic E-state index is 13.1. The SMILES string of the molecule is Cc1ccc(C(C)C)cc1OCc1ccc(F)c(Cl)c1. The van der Waals surface area contributed by atoms with Gasteiger partial charge in [-0.05, 0) is 47.7 Å². The lowest BCUT2D eigenvalue weighted by molar-refractivity contribution is 0.303. The molecule has 3 heteroatoms. The van der Waals surface area contributed by atoms with Gasteiger partial charge in [0.25, 0.3) is 0 Å². The van der Waals surface area contributed by atoms with Gasteiger partial charge in [0, 0.05) is 0 Å². The van der Waals surface area contributed by atoms with Gasteiger partial charge in [-0.3, -0.25) is 0 Å². The summed E-state index contributed by atoms with van der Waals surface area (Å²) >= 11 is 5.76. The fraction of sp³-hybridized carbons (Fsp3) is 0.294. The monoisotopic (exact) mass is 292 g/mol. The molecule has 0 aliphatic rings. The first kappa shape index (κ1) is 14.9. The third-order valence-corrected chi connectivity index (χ3v) is 3.55. The van der Waals surface area contributed by atoms with Crippen molar-refractivity contribution in [3.05, 3.63) is 63.9 Å². The van der Waals surface area contributed by atoms with Crippen molar-refractivity contribution in [1.29, 1.82) is 0 Å². The molecule has 0 aliphatic heterocycles. The Morgan fingerprint density at radius 2 is 1.90 bits per heavy atom. The van der Waals surface area contributed by atoms with Crippen molar-refractivity contribution in [1.82, 2.24) is 0 Å². The number of halogens is 2. The van der Waals surface area contributed by atoms with Crippen LogP contribution in [0.15, 0.2) is 36.4 Å². The minimum Gasteiger partial charge on any atom is -0.489 e. The molecule has 20 heavy (non-hydrogen) atoms. The number of hydrogen-bond donors (Lipinski definition) is 0. The molecule has 0 spiro atoms. The molecule has 0 N–H and O–H groups in total. The molecule has 0 radical (unpaired) electrons. The first-order valence-corrected chi connectivity index (χ1v) is 7.02. The highest BCUT2D eigenvalue weighted by molar-refractivity contribution is 6.30. The fourth-order valence-corrected chi connectivity index (χ4v) is 2.12. The zero-order chi connectivity index (χ0) is 14.7. The molecule has 0 atom stereocenters. The van der Waals surface area contributed by atoms with E-state index in [-0.39, 0.29) is 5.02 Å². The van der Waals surface area contributed by atoms with Crippen LogP contribution < -0.4 is 4.74 Å². The molecule has 0 saturated heterocycles. The quantitative estimate of drug-likeness (QED) is 0.724. The summed E-state index contributed by atoms with van der Waals surface area (Å²) in [5.74, 6) is 0.906. The van der Waals surface area contributed by atoms with Crippen LogP contribution in [0, 0.1) is 12.7 Å². The molecular weight excluding hydrogens is 275 g/mol. The van der Waals surface area contributed by atoms with E-state index in [0.29, 0.717) is 12.5 Å². The normalized spacial score (nSPS) is 10.9. The predicted octanol–water partition coefficient (Wildman–Crippen LogP) is 5.49. The van der Waals surface area contributed by atoms with Crippen molar-refractivity contribution in [3.63, 3.8) is 0 Å². The molecule has 0 aliphatic carbocycles. The Balaban J connectivity index is 2.13. The van der Waals surface area contributed by atoms with Crippen LogP contribution in [-0.4, -0.2) is 0 Å². The molecule has 2 aromatic rings. The van der Waals surface area contributed by atoms with Gasteiger partial charge >= 0.3 is 0 Å². The highest BCUT2D eigenvalue weighted by Crippen LogP contribution is 2.25. The molecule has 0 fully saturated rings. The minimum atomic E-state index is -0.409. The summed E-state index contributed by atoms with van der Waals surface area (Å²) < 4.78 is 18.9. The first-order valence-electron chi connectivity index (χ1n) is 6.64. The Kier molecular flexibility index (Phi) is 4.66. The second-order valence-corrected chi connectivity index (χ2v) is 5.62. The van der Waals surface area contributed by atoms with E-state index in [2.05, 4.69) is 32.0 Å². The highest BCUT2D eigenvalue weighted by atomic mass is 35.5. The van der Waals surface area contributed by atoms with Crippen molar-refractivity contribution >= 4 is 11.6 Å². The van der Waals surface area contributed by atoms with E-state index in [0.717, 1.165) is 16.9 Å². The average molecular weight is 293 g/mol. The number of benzene rings is 2. The Morgan fingerprint density at radius 1 is 1.15 bits per heavy atom. The van der Waals surface area contributed by atoms with Crippen molar-refractivity contribution in [2.24, 2.45) is 0 Å². The van der Waals surface area contributed by atoms with E-state index in [1.54, 1.807) is 12.1 Å². The maximum Gasteiger partial charge on any atom is 0.141 e. The molecule has 106 valence electrons. The van der Waals surface area contributed by atoms with Crippen molar-refractivity contribution in [3.8, 4) is 5.75 Å². The Labute approximate surface area is 124 Å². The smallest absolute Gasteiger partial charge is 0.141 e. The molecule has 0 unspecified atom stereocenters. The van der Waals surface area contributed by atoms with Gasteiger partial charge in [0.05, 0.1) is 5.02 Å². The molecule has 0 aromatic heterocycles. The largest absolute Gasteiger partial charge is 0.489 e. The van der Waals surface area contributed by atoms with Crippen LogP contribution in [0.1, 0.15) is 36.5 Å². The molecule has 2 aromatic carbocycles. The lowest BCUT2D eigenvalue weighted by atomic mass is 10.0. The minimum absolute atomic E-state index is 0.124. The van der Waals surface area contributed by atoms with Crippen LogP contribution in [0.4, 0.5) is 4.39 Å². The Hall–Kier alpha value is -1.54. The molecule has 1 nitrogen and oxygen atoms in total. The van der Waals surface area contributed by atoms with Crippen LogP contribution >= 0.6 is 11.6 Å². The van der Waals surface area contributed by atoms with Gasteiger partial charge in [-0.25, -0.2) is 4.39 Å². The van der Waals surface area contributed by atoms with Gasteiger partial charge < -0.3 is 4.74 Å². The van der Waals surface area contributed by atoms with Gasteiger partial charge in [0.2, 0.25) is 0 Å². The van der Waals surface area contributed by atoms with E-state index in [4.69, 9.17) is 16.3 Å². The van der Waals surface area contributed by atoms with Gasteiger partial charge in [0.15, 0.2) is 0 Å². The van der Waals surface area contributed by atoms with E-state index >= 15 is 0 Å². The number of rotatable bonds is 4. The second-order valence-electron chi connectivity index (χ2n) is 5.22.